The number of likely N-dealkylation sites (tertiary alicyclic amines) is 1. The van der Waals surface area contributed by atoms with E-state index in [0.717, 1.165) is 48.3 Å². The summed E-state index contributed by atoms with van der Waals surface area (Å²) in [5.74, 6) is 1.20. The number of benzene rings is 2. The van der Waals surface area contributed by atoms with Crippen molar-refractivity contribution in [2.75, 3.05) is 25.4 Å². The second-order valence-corrected chi connectivity index (χ2v) is 10.9. The summed E-state index contributed by atoms with van der Waals surface area (Å²) in [5.41, 5.74) is 3.96. The Morgan fingerprint density at radius 1 is 0.909 bits per heavy atom. The van der Waals surface area contributed by atoms with Gasteiger partial charge in [0.2, 0.25) is 0 Å². The van der Waals surface area contributed by atoms with Crippen molar-refractivity contribution in [3.05, 3.63) is 70.8 Å². The maximum Gasteiger partial charge on any atom is 0.255 e. The number of hydrogen-bond acceptors (Lipinski definition) is 3. The zero-order chi connectivity index (χ0) is 23.3. The summed E-state index contributed by atoms with van der Waals surface area (Å²) in [7, 11) is 0. The Morgan fingerprint density at radius 2 is 1.67 bits per heavy atom. The predicted molar refractivity (Wildman–Crippen MR) is 137 cm³/mol. The minimum atomic E-state index is -0.181. The van der Waals surface area contributed by atoms with E-state index < -0.39 is 0 Å². The molecule has 176 valence electrons. The molecular weight excluding hydrogens is 428 g/mol. The van der Waals surface area contributed by atoms with Crippen molar-refractivity contribution in [3.8, 4) is 0 Å². The fourth-order valence-electron chi connectivity index (χ4n) is 5.06. The number of hydrogen-bond donors (Lipinski definition) is 0. The molecule has 0 N–H and O–H groups in total. The molecule has 0 radical (unpaired) electrons. The maximum absolute atomic E-state index is 13.3. The van der Waals surface area contributed by atoms with Crippen LogP contribution >= 0.6 is 11.8 Å². The Kier molecular flexibility index (Phi) is 7.79. The highest BCUT2D eigenvalue weighted by atomic mass is 32.2. The van der Waals surface area contributed by atoms with Gasteiger partial charge >= 0.3 is 0 Å². The van der Waals surface area contributed by atoms with Crippen molar-refractivity contribution in [2.45, 2.75) is 63.7 Å². The summed E-state index contributed by atoms with van der Waals surface area (Å²) in [6.07, 6.45) is 7.77. The predicted octanol–water partition coefficient (Wildman–Crippen LogP) is 5.94. The molecule has 5 heteroatoms. The van der Waals surface area contributed by atoms with E-state index in [1.54, 1.807) is 0 Å². The average molecular weight is 465 g/mol. The zero-order valence-corrected chi connectivity index (χ0v) is 20.8. The monoisotopic (exact) mass is 464 g/mol. The smallest absolute Gasteiger partial charge is 0.255 e. The highest BCUT2D eigenvalue weighted by Gasteiger charge is 2.47. The number of unbranched alkanes of at least 4 members (excludes halogenated alkanes) is 3. The Hall–Kier alpha value is -2.27. The molecule has 0 saturated carbocycles. The highest BCUT2D eigenvalue weighted by molar-refractivity contribution is 8.00. The van der Waals surface area contributed by atoms with E-state index in [1.807, 2.05) is 60.0 Å². The molecule has 2 fully saturated rings. The molecule has 0 atom stereocenters. The summed E-state index contributed by atoms with van der Waals surface area (Å²) in [6.45, 7) is 6.43. The summed E-state index contributed by atoms with van der Waals surface area (Å²) in [5, 5.41) is 0. The third-order valence-electron chi connectivity index (χ3n) is 7.04. The van der Waals surface area contributed by atoms with Gasteiger partial charge in [0.05, 0.1) is 4.87 Å². The van der Waals surface area contributed by atoms with Crippen LogP contribution in [0.1, 0.15) is 77.3 Å². The first-order chi connectivity index (χ1) is 16.0. The first kappa shape index (κ1) is 23.9. The lowest BCUT2D eigenvalue weighted by atomic mass is 9.99. The Bertz CT molecular complexity index is 964. The molecule has 1 spiro atoms. The van der Waals surface area contributed by atoms with Crippen LogP contribution in [-0.2, 0) is 6.42 Å². The van der Waals surface area contributed by atoms with Gasteiger partial charge in [-0.1, -0.05) is 56.0 Å². The minimum Gasteiger partial charge on any atom is -0.338 e. The van der Waals surface area contributed by atoms with Crippen LogP contribution in [0.2, 0.25) is 0 Å². The summed E-state index contributed by atoms with van der Waals surface area (Å²) < 4.78 is 0. The average Bonchev–Trinajstić information content (AvgIpc) is 3.24. The summed E-state index contributed by atoms with van der Waals surface area (Å²) in [4.78, 5) is 30.3. The van der Waals surface area contributed by atoms with Gasteiger partial charge < -0.3 is 9.80 Å². The molecule has 2 heterocycles. The number of rotatable bonds is 7. The lowest BCUT2D eigenvalue weighted by Crippen LogP contribution is -2.53. The number of nitrogens with zero attached hydrogens (tertiary/aromatic N) is 2. The minimum absolute atomic E-state index is 0.113. The number of amides is 2. The molecule has 2 aliphatic rings. The quantitative estimate of drug-likeness (QED) is 0.476. The van der Waals surface area contributed by atoms with Crippen LogP contribution < -0.4 is 0 Å². The van der Waals surface area contributed by atoms with Gasteiger partial charge in [-0.25, -0.2) is 0 Å². The summed E-state index contributed by atoms with van der Waals surface area (Å²) >= 11 is 1.89. The Labute approximate surface area is 202 Å². The third-order valence-corrected chi connectivity index (χ3v) is 8.59. The second kappa shape index (κ2) is 10.8. The first-order valence-corrected chi connectivity index (χ1v) is 13.4. The van der Waals surface area contributed by atoms with Crippen molar-refractivity contribution in [1.82, 2.24) is 9.80 Å². The molecule has 0 bridgehead atoms. The Balaban J connectivity index is 1.35. The van der Waals surface area contributed by atoms with Crippen molar-refractivity contribution in [3.63, 3.8) is 0 Å². The molecule has 2 aliphatic heterocycles. The lowest BCUT2D eigenvalue weighted by Gasteiger charge is -2.44. The second-order valence-electron chi connectivity index (χ2n) is 9.42. The van der Waals surface area contributed by atoms with E-state index in [4.69, 9.17) is 0 Å². The number of carbonyl (C=O) groups is 2. The van der Waals surface area contributed by atoms with Crippen molar-refractivity contribution in [2.24, 2.45) is 0 Å². The lowest BCUT2D eigenvalue weighted by molar-refractivity contribution is 0.0497. The van der Waals surface area contributed by atoms with Gasteiger partial charge in [-0.3, -0.25) is 9.59 Å². The molecule has 0 unspecified atom stereocenters. The topological polar surface area (TPSA) is 40.6 Å². The molecular formula is C28H36N2O2S. The van der Waals surface area contributed by atoms with Gasteiger partial charge in [0.25, 0.3) is 11.8 Å². The molecule has 4 rings (SSSR count). The van der Waals surface area contributed by atoms with Gasteiger partial charge in [-0.15, -0.1) is 11.8 Å². The van der Waals surface area contributed by atoms with E-state index >= 15 is 0 Å². The van der Waals surface area contributed by atoms with Gasteiger partial charge in [-0.2, -0.15) is 0 Å². The molecule has 2 aromatic carbocycles. The van der Waals surface area contributed by atoms with E-state index in [1.165, 1.54) is 31.2 Å². The normalized spacial score (nSPS) is 17.5. The van der Waals surface area contributed by atoms with Gasteiger partial charge in [-0.05, 0) is 62.4 Å². The first-order valence-electron chi connectivity index (χ1n) is 12.4. The standard InChI is InChI=1S/C28H36N2O2S/c1-3-4-5-6-9-23-11-13-24(14-12-23)26(31)29-17-15-28(16-18-29)30(19-20-33-28)27(32)25-10-7-8-22(2)21-25/h7-8,10-14,21H,3-6,9,15-20H2,1-2H3. The van der Waals surface area contributed by atoms with Crippen LogP contribution in [0.3, 0.4) is 0 Å². The highest BCUT2D eigenvalue weighted by Crippen LogP contribution is 2.44. The zero-order valence-electron chi connectivity index (χ0n) is 20.0. The number of carbonyl (C=O) groups excluding carboxylic acids is 2. The van der Waals surface area contributed by atoms with Crippen LogP contribution in [0.15, 0.2) is 48.5 Å². The molecule has 0 aliphatic carbocycles. The molecule has 33 heavy (non-hydrogen) atoms. The Morgan fingerprint density at radius 3 is 2.36 bits per heavy atom. The van der Waals surface area contributed by atoms with E-state index in [2.05, 4.69) is 24.0 Å². The fourth-order valence-corrected chi connectivity index (χ4v) is 6.51. The van der Waals surface area contributed by atoms with Crippen molar-refractivity contribution in [1.29, 1.82) is 0 Å². The van der Waals surface area contributed by atoms with Crippen LogP contribution in [-0.4, -0.2) is 51.9 Å². The van der Waals surface area contributed by atoms with E-state index in [-0.39, 0.29) is 16.7 Å². The molecule has 4 nitrogen and oxygen atoms in total. The summed E-state index contributed by atoms with van der Waals surface area (Å²) in [6, 6.07) is 16.1. The number of thioether (sulfide) groups is 1. The molecule has 0 aromatic heterocycles. The van der Waals surface area contributed by atoms with Crippen LogP contribution in [0.25, 0.3) is 0 Å². The molecule has 2 aromatic rings. The van der Waals surface area contributed by atoms with Gasteiger partial charge in [0.1, 0.15) is 0 Å². The van der Waals surface area contributed by atoms with Crippen LogP contribution in [0.5, 0.6) is 0 Å². The fraction of sp³-hybridized carbons (Fsp3) is 0.500. The van der Waals surface area contributed by atoms with Gasteiger partial charge in [0.15, 0.2) is 0 Å². The van der Waals surface area contributed by atoms with Gasteiger partial charge in [0, 0.05) is 36.5 Å². The van der Waals surface area contributed by atoms with Crippen molar-refractivity contribution >= 4 is 23.6 Å². The van der Waals surface area contributed by atoms with Crippen LogP contribution in [0.4, 0.5) is 0 Å². The van der Waals surface area contributed by atoms with Crippen LogP contribution in [0, 0.1) is 6.92 Å². The number of aryl methyl sites for hydroxylation is 2. The molecule has 2 saturated heterocycles. The SMILES string of the molecule is CCCCCCc1ccc(C(=O)N2CCC3(CC2)SCCN3C(=O)c2cccc(C)c2)cc1. The van der Waals surface area contributed by atoms with E-state index in [9.17, 15) is 9.59 Å². The van der Waals surface area contributed by atoms with Crippen molar-refractivity contribution < 1.29 is 9.59 Å². The number of piperidine rings is 1. The maximum atomic E-state index is 13.3. The molecule has 2 amide bonds. The third kappa shape index (κ3) is 5.46. The van der Waals surface area contributed by atoms with E-state index in [0.29, 0.717) is 13.1 Å². The largest absolute Gasteiger partial charge is 0.338 e.